The molecule has 0 saturated carbocycles. The van der Waals surface area contributed by atoms with Gasteiger partial charge in [-0.2, -0.15) is 0 Å². The van der Waals surface area contributed by atoms with Crippen LogP contribution in [0.3, 0.4) is 0 Å². The molecule has 2 saturated heterocycles. The van der Waals surface area contributed by atoms with Crippen LogP contribution in [0.5, 0.6) is 0 Å². The van der Waals surface area contributed by atoms with E-state index in [-0.39, 0.29) is 0 Å². The lowest BCUT2D eigenvalue weighted by Gasteiger charge is -2.47. The molecular weight excluding hydrogens is 366 g/mol. The molecule has 8 heteroatoms. The molecule has 0 aromatic rings. The van der Waals surface area contributed by atoms with Crippen LogP contribution in [0.4, 0.5) is 0 Å². The van der Waals surface area contributed by atoms with Crippen LogP contribution >= 0.6 is 31.9 Å². The lowest BCUT2D eigenvalue weighted by molar-refractivity contribution is -0.312. The van der Waals surface area contributed by atoms with Gasteiger partial charge in [-0.05, 0) is 13.8 Å². The van der Waals surface area contributed by atoms with Crippen LogP contribution in [0.1, 0.15) is 13.8 Å². The third-order valence-electron chi connectivity index (χ3n) is 2.96. The molecule has 90 valence electrons. The second kappa shape index (κ2) is 3.29. The number of carboxylic acid groups (broad SMARTS) is 1. The molecule has 3 atom stereocenters. The number of hydrogen-bond donors (Lipinski definition) is 0. The van der Waals surface area contributed by atoms with Crippen LogP contribution < -0.4 is 5.11 Å². The number of carboxylic acids is 1. The van der Waals surface area contributed by atoms with Gasteiger partial charge in [-0.3, -0.25) is 9.00 Å². The van der Waals surface area contributed by atoms with E-state index in [1.165, 1.54) is 0 Å². The highest BCUT2D eigenvalue weighted by atomic mass is 79.9. The summed E-state index contributed by atoms with van der Waals surface area (Å²) in [4.78, 5) is 23.9. The van der Waals surface area contributed by atoms with E-state index >= 15 is 0 Å². The van der Waals surface area contributed by atoms with E-state index < -0.39 is 42.1 Å². The maximum absolute atomic E-state index is 12.1. The average Bonchev–Trinajstić information content (AvgIpc) is 2.33. The molecule has 2 rings (SSSR count). The van der Waals surface area contributed by atoms with Crippen molar-refractivity contribution in [2.45, 2.75) is 33.2 Å². The van der Waals surface area contributed by atoms with E-state index in [0.717, 1.165) is 4.90 Å². The summed E-state index contributed by atoms with van der Waals surface area (Å²) in [6, 6.07) is -1.14. The molecule has 0 bridgehead atoms. The van der Waals surface area contributed by atoms with E-state index in [2.05, 4.69) is 31.9 Å². The lowest BCUT2D eigenvalue weighted by atomic mass is 9.98. The predicted molar refractivity (Wildman–Crippen MR) is 62.2 cm³/mol. The molecule has 2 heterocycles. The molecule has 2 fully saturated rings. The predicted octanol–water partition coefficient (Wildman–Crippen LogP) is -0.700. The lowest BCUT2D eigenvalue weighted by Crippen LogP contribution is -2.70. The van der Waals surface area contributed by atoms with E-state index in [1.807, 2.05) is 0 Å². The van der Waals surface area contributed by atoms with Crippen LogP contribution in [0.25, 0.3) is 0 Å². The number of halogens is 2. The fourth-order valence-corrected chi connectivity index (χ4v) is 5.78. The first kappa shape index (κ1) is 12.5. The van der Waals surface area contributed by atoms with Crippen molar-refractivity contribution < 1.29 is 18.9 Å². The second-order valence-electron chi connectivity index (χ2n) is 4.31. The number of β-lactam (4-membered cyclic amide) rings is 1. The number of carbonyl (C=O) groups is 2. The Balaban J connectivity index is 2.50. The molecule has 1 amide bonds. The summed E-state index contributed by atoms with van der Waals surface area (Å²) in [7, 11) is -1.47. The Bertz CT molecular complexity index is 422. The smallest absolute Gasteiger partial charge is 0.255 e. The minimum atomic E-state index is -1.47. The highest BCUT2D eigenvalue weighted by Crippen LogP contribution is 2.54. The number of alkyl halides is 2. The Morgan fingerprint density at radius 1 is 1.50 bits per heavy atom. The summed E-state index contributed by atoms with van der Waals surface area (Å²) < 4.78 is 10.0. The van der Waals surface area contributed by atoms with Gasteiger partial charge in [-0.25, -0.2) is 0 Å². The number of carbonyl (C=O) groups excluding carboxylic acids is 2. The third-order valence-corrected chi connectivity index (χ3v) is 7.36. The molecule has 0 radical (unpaired) electrons. The first-order chi connectivity index (χ1) is 7.13. The van der Waals surface area contributed by atoms with Crippen molar-refractivity contribution in [2.24, 2.45) is 0 Å². The van der Waals surface area contributed by atoms with Gasteiger partial charge < -0.3 is 14.8 Å². The number of hydrogen-bond acceptors (Lipinski definition) is 4. The van der Waals surface area contributed by atoms with E-state index in [9.17, 15) is 18.9 Å². The van der Waals surface area contributed by atoms with Gasteiger partial charge in [0.25, 0.3) is 5.91 Å². The fourth-order valence-electron chi connectivity index (χ4n) is 2.11. The maximum Gasteiger partial charge on any atom is 0.255 e. The van der Waals surface area contributed by atoms with Crippen LogP contribution in [0.2, 0.25) is 0 Å². The number of amides is 1. The van der Waals surface area contributed by atoms with Crippen molar-refractivity contribution in [1.82, 2.24) is 4.90 Å². The molecule has 2 aliphatic rings. The molecule has 0 aromatic carbocycles. The molecule has 2 aliphatic heterocycles. The van der Waals surface area contributed by atoms with Gasteiger partial charge in [0.1, 0.15) is 5.37 Å². The first-order valence-electron chi connectivity index (χ1n) is 4.45. The summed E-state index contributed by atoms with van der Waals surface area (Å²) in [5.74, 6) is -1.80. The molecule has 0 spiro atoms. The highest BCUT2D eigenvalue weighted by molar-refractivity contribution is 9.26. The normalized spacial score (nSPS) is 39.1. The van der Waals surface area contributed by atoms with Crippen molar-refractivity contribution in [3.05, 3.63) is 0 Å². The number of rotatable bonds is 1. The topological polar surface area (TPSA) is 77.5 Å². The molecule has 5 nitrogen and oxygen atoms in total. The van der Waals surface area contributed by atoms with Crippen molar-refractivity contribution in [1.29, 1.82) is 0 Å². The second-order valence-corrected chi connectivity index (χ2v) is 9.97. The van der Waals surface area contributed by atoms with Crippen molar-refractivity contribution in [2.75, 3.05) is 0 Å². The summed E-state index contributed by atoms with van der Waals surface area (Å²) >= 11 is 6.25. The Labute approximate surface area is 111 Å². The summed E-state index contributed by atoms with van der Waals surface area (Å²) in [5.41, 5.74) is 0. The van der Waals surface area contributed by atoms with Gasteiger partial charge in [0.05, 0.1) is 27.6 Å². The first-order valence-corrected chi connectivity index (χ1v) is 7.25. The molecule has 0 N–H and O–H groups in total. The molecule has 0 unspecified atom stereocenters. The Kier molecular flexibility index (Phi) is 2.57. The zero-order valence-corrected chi connectivity index (χ0v) is 12.4. The van der Waals surface area contributed by atoms with Crippen molar-refractivity contribution in [3.63, 3.8) is 0 Å². The quantitative estimate of drug-likeness (QED) is 0.450. The third kappa shape index (κ3) is 1.23. The van der Waals surface area contributed by atoms with Crippen LogP contribution in [-0.4, -0.2) is 40.4 Å². The maximum atomic E-state index is 12.1. The van der Waals surface area contributed by atoms with Gasteiger partial charge >= 0.3 is 0 Å². The minimum Gasteiger partial charge on any atom is -0.548 e. The standard InChI is InChI=1S/C8H9Br2NO4S/c1-7(2)3(4(12)13)11-5(14)8(9,10)6(11)16(7)15/h3,6H,1-2H3,(H,12,13)/p-1/t3-,6+,16-/m0/s1. The zero-order valence-electron chi connectivity index (χ0n) is 8.40. The highest BCUT2D eigenvalue weighted by Gasteiger charge is 2.72. The average molecular weight is 374 g/mol. The molecule has 0 aromatic heterocycles. The molecular formula is C8H8Br2NO4S-. The van der Waals surface area contributed by atoms with E-state index in [4.69, 9.17) is 0 Å². The van der Waals surface area contributed by atoms with Gasteiger partial charge in [0, 0.05) is 0 Å². The Morgan fingerprint density at radius 2 is 2.00 bits per heavy atom. The molecule has 0 aliphatic carbocycles. The van der Waals surface area contributed by atoms with E-state index in [1.54, 1.807) is 13.8 Å². The SMILES string of the molecule is CC1(C)[C@H](C(=O)[O-])N2C(=O)C(Br)(Br)[C@H]2[S@@]1=O. The van der Waals surface area contributed by atoms with Crippen LogP contribution in [0, 0.1) is 0 Å². The van der Waals surface area contributed by atoms with Crippen molar-refractivity contribution in [3.8, 4) is 0 Å². The molecule has 16 heavy (non-hydrogen) atoms. The summed E-state index contributed by atoms with van der Waals surface area (Å²) in [6.45, 7) is 3.12. The minimum absolute atomic E-state index is 0.425. The number of nitrogens with zero attached hydrogens (tertiary/aromatic N) is 1. The summed E-state index contributed by atoms with van der Waals surface area (Å²) in [5, 5.41) is 10.4. The van der Waals surface area contributed by atoms with Gasteiger partial charge in [-0.15, -0.1) is 0 Å². The van der Waals surface area contributed by atoms with Crippen molar-refractivity contribution >= 4 is 54.5 Å². The largest absolute Gasteiger partial charge is 0.548 e. The van der Waals surface area contributed by atoms with Crippen LogP contribution in [-0.2, 0) is 20.4 Å². The monoisotopic (exact) mass is 372 g/mol. The Morgan fingerprint density at radius 3 is 2.44 bits per heavy atom. The number of fused-ring (bicyclic) bond motifs is 1. The van der Waals surface area contributed by atoms with Gasteiger partial charge in [-0.1, -0.05) is 31.9 Å². The van der Waals surface area contributed by atoms with Gasteiger partial charge in [0.15, 0.2) is 3.23 Å². The van der Waals surface area contributed by atoms with Gasteiger partial charge in [0.2, 0.25) is 0 Å². The summed E-state index contributed by atoms with van der Waals surface area (Å²) in [6.07, 6.45) is 0. The fraction of sp³-hybridized carbons (Fsp3) is 0.750. The number of aliphatic carboxylic acids is 1. The Hall–Kier alpha value is 0.0500. The van der Waals surface area contributed by atoms with E-state index in [0.29, 0.717) is 0 Å². The zero-order chi connectivity index (χ0) is 12.5. The van der Waals surface area contributed by atoms with Crippen LogP contribution in [0.15, 0.2) is 0 Å².